The SMILES string of the molecule is Cc1ccccc1N(C)c1ccc(Br)cc1C#N. The summed E-state index contributed by atoms with van der Waals surface area (Å²) in [6.07, 6.45) is 0. The Balaban J connectivity index is 2.50. The van der Waals surface area contributed by atoms with E-state index < -0.39 is 0 Å². The number of hydrogen-bond donors (Lipinski definition) is 0. The standard InChI is InChI=1S/C15H13BrN2/c1-11-5-3-4-6-14(11)18(2)15-8-7-13(16)9-12(15)10-17/h3-9H,1-2H3. The van der Waals surface area contributed by atoms with Gasteiger partial charge in [0, 0.05) is 17.2 Å². The first-order valence-electron chi connectivity index (χ1n) is 5.62. The predicted octanol–water partition coefficient (Wildman–Crippen LogP) is 4.40. The summed E-state index contributed by atoms with van der Waals surface area (Å²) >= 11 is 3.39. The maximum absolute atomic E-state index is 9.21. The summed E-state index contributed by atoms with van der Waals surface area (Å²) in [6, 6.07) is 16.1. The Morgan fingerprint density at radius 3 is 2.50 bits per heavy atom. The van der Waals surface area contributed by atoms with Crippen LogP contribution in [0, 0.1) is 18.3 Å². The van der Waals surface area contributed by atoms with Crippen molar-refractivity contribution in [2.45, 2.75) is 6.92 Å². The lowest BCUT2D eigenvalue weighted by Gasteiger charge is -2.22. The minimum absolute atomic E-state index is 0.662. The highest BCUT2D eigenvalue weighted by Crippen LogP contribution is 2.30. The van der Waals surface area contributed by atoms with Gasteiger partial charge in [-0.1, -0.05) is 34.1 Å². The Kier molecular flexibility index (Phi) is 3.69. The van der Waals surface area contributed by atoms with Crippen molar-refractivity contribution in [1.82, 2.24) is 0 Å². The van der Waals surface area contributed by atoms with Gasteiger partial charge in [0.2, 0.25) is 0 Å². The van der Waals surface area contributed by atoms with Crippen molar-refractivity contribution in [2.24, 2.45) is 0 Å². The third kappa shape index (κ3) is 2.39. The molecule has 90 valence electrons. The van der Waals surface area contributed by atoms with Gasteiger partial charge in [0.1, 0.15) is 6.07 Å². The molecule has 0 aliphatic rings. The summed E-state index contributed by atoms with van der Waals surface area (Å²) in [5, 5.41) is 9.21. The molecule has 0 fully saturated rings. The average Bonchev–Trinajstić information content (AvgIpc) is 2.38. The number of nitriles is 1. The largest absolute Gasteiger partial charge is 0.343 e. The number of nitrogens with zero attached hydrogens (tertiary/aromatic N) is 2. The molecule has 0 aromatic heterocycles. The molecule has 0 saturated heterocycles. The fraction of sp³-hybridized carbons (Fsp3) is 0.133. The van der Waals surface area contributed by atoms with Crippen LogP contribution in [-0.2, 0) is 0 Å². The van der Waals surface area contributed by atoms with E-state index in [2.05, 4.69) is 41.1 Å². The second-order valence-corrected chi connectivity index (χ2v) is 5.03. The van der Waals surface area contributed by atoms with Crippen molar-refractivity contribution < 1.29 is 0 Å². The molecule has 2 aromatic rings. The number of para-hydroxylation sites is 1. The van der Waals surface area contributed by atoms with Crippen LogP contribution in [0.3, 0.4) is 0 Å². The summed E-state index contributed by atoms with van der Waals surface area (Å²) in [4.78, 5) is 2.04. The number of hydrogen-bond acceptors (Lipinski definition) is 2. The molecule has 0 N–H and O–H groups in total. The summed E-state index contributed by atoms with van der Waals surface area (Å²) in [5.41, 5.74) is 3.87. The average molecular weight is 301 g/mol. The highest BCUT2D eigenvalue weighted by molar-refractivity contribution is 9.10. The van der Waals surface area contributed by atoms with E-state index in [0.717, 1.165) is 15.8 Å². The third-order valence-corrected chi connectivity index (χ3v) is 3.41. The van der Waals surface area contributed by atoms with Crippen LogP contribution in [-0.4, -0.2) is 7.05 Å². The topological polar surface area (TPSA) is 27.0 Å². The Morgan fingerprint density at radius 1 is 1.11 bits per heavy atom. The summed E-state index contributed by atoms with van der Waals surface area (Å²) in [7, 11) is 1.98. The highest BCUT2D eigenvalue weighted by atomic mass is 79.9. The van der Waals surface area contributed by atoms with Crippen LogP contribution >= 0.6 is 15.9 Å². The Morgan fingerprint density at radius 2 is 1.83 bits per heavy atom. The molecular weight excluding hydrogens is 288 g/mol. The Labute approximate surface area is 116 Å². The van der Waals surface area contributed by atoms with E-state index in [1.54, 1.807) is 0 Å². The second kappa shape index (κ2) is 5.24. The summed E-state index contributed by atoms with van der Waals surface area (Å²) in [6.45, 7) is 2.07. The van der Waals surface area contributed by atoms with Crippen LogP contribution in [0.2, 0.25) is 0 Å². The van der Waals surface area contributed by atoms with Gasteiger partial charge in [0.15, 0.2) is 0 Å². The first-order valence-corrected chi connectivity index (χ1v) is 6.42. The fourth-order valence-electron chi connectivity index (χ4n) is 1.96. The molecule has 2 aromatic carbocycles. The number of anilines is 2. The molecule has 0 aliphatic heterocycles. The Hall–Kier alpha value is -1.79. The van der Waals surface area contributed by atoms with E-state index >= 15 is 0 Å². The zero-order valence-corrected chi connectivity index (χ0v) is 11.9. The quantitative estimate of drug-likeness (QED) is 0.822. The van der Waals surface area contributed by atoms with Gasteiger partial charge in [-0.2, -0.15) is 5.26 Å². The first kappa shape index (κ1) is 12.7. The van der Waals surface area contributed by atoms with Crippen molar-refractivity contribution in [2.75, 3.05) is 11.9 Å². The lowest BCUT2D eigenvalue weighted by atomic mass is 10.1. The smallest absolute Gasteiger partial charge is 0.101 e. The molecule has 0 aliphatic carbocycles. The molecule has 18 heavy (non-hydrogen) atoms. The normalized spacial score (nSPS) is 9.89. The number of benzene rings is 2. The molecule has 3 heteroatoms. The first-order chi connectivity index (χ1) is 8.63. The summed E-state index contributed by atoms with van der Waals surface area (Å²) in [5.74, 6) is 0. The van der Waals surface area contributed by atoms with E-state index in [-0.39, 0.29) is 0 Å². The van der Waals surface area contributed by atoms with Crippen LogP contribution in [0.5, 0.6) is 0 Å². The third-order valence-electron chi connectivity index (χ3n) is 2.92. The lowest BCUT2D eigenvalue weighted by Crippen LogP contribution is -2.12. The predicted molar refractivity (Wildman–Crippen MR) is 78.1 cm³/mol. The fourth-order valence-corrected chi connectivity index (χ4v) is 2.32. The van der Waals surface area contributed by atoms with Gasteiger partial charge in [0.05, 0.1) is 11.3 Å². The molecular formula is C15H13BrN2. The van der Waals surface area contributed by atoms with E-state index in [1.807, 2.05) is 42.3 Å². The van der Waals surface area contributed by atoms with Gasteiger partial charge in [-0.05, 0) is 36.8 Å². The van der Waals surface area contributed by atoms with Crippen LogP contribution in [0.25, 0.3) is 0 Å². The van der Waals surface area contributed by atoms with Gasteiger partial charge in [-0.15, -0.1) is 0 Å². The number of aryl methyl sites for hydroxylation is 1. The molecule has 0 spiro atoms. The summed E-state index contributed by atoms with van der Waals surface area (Å²) < 4.78 is 0.918. The van der Waals surface area contributed by atoms with Crippen molar-refractivity contribution in [3.63, 3.8) is 0 Å². The molecule has 0 saturated carbocycles. The molecule has 2 rings (SSSR count). The Bertz CT molecular complexity index is 614. The number of rotatable bonds is 2. The van der Waals surface area contributed by atoms with Gasteiger partial charge in [0.25, 0.3) is 0 Å². The lowest BCUT2D eigenvalue weighted by molar-refractivity contribution is 1.18. The van der Waals surface area contributed by atoms with Crippen LogP contribution in [0.1, 0.15) is 11.1 Å². The van der Waals surface area contributed by atoms with Crippen molar-refractivity contribution in [3.05, 3.63) is 58.1 Å². The molecule has 0 radical (unpaired) electrons. The van der Waals surface area contributed by atoms with Gasteiger partial charge in [-0.25, -0.2) is 0 Å². The van der Waals surface area contributed by atoms with Gasteiger partial charge in [-0.3, -0.25) is 0 Å². The molecule has 0 heterocycles. The van der Waals surface area contributed by atoms with Gasteiger partial charge < -0.3 is 4.90 Å². The van der Waals surface area contributed by atoms with E-state index in [4.69, 9.17) is 0 Å². The van der Waals surface area contributed by atoms with E-state index in [0.29, 0.717) is 5.56 Å². The molecule has 0 bridgehead atoms. The molecule has 2 nitrogen and oxygen atoms in total. The van der Waals surface area contributed by atoms with Crippen LogP contribution in [0.4, 0.5) is 11.4 Å². The van der Waals surface area contributed by atoms with Gasteiger partial charge >= 0.3 is 0 Å². The maximum atomic E-state index is 9.21. The van der Waals surface area contributed by atoms with Crippen LogP contribution < -0.4 is 4.90 Å². The zero-order chi connectivity index (χ0) is 13.1. The number of halogens is 1. The minimum Gasteiger partial charge on any atom is -0.343 e. The van der Waals surface area contributed by atoms with Crippen molar-refractivity contribution >= 4 is 27.3 Å². The monoisotopic (exact) mass is 300 g/mol. The highest BCUT2D eigenvalue weighted by Gasteiger charge is 2.11. The van der Waals surface area contributed by atoms with Crippen LogP contribution in [0.15, 0.2) is 46.9 Å². The maximum Gasteiger partial charge on any atom is 0.101 e. The van der Waals surface area contributed by atoms with Crippen molar-refractivity contribution in [3.8, 4) is 6.07 Å². The molecule has 0 amide bonds. The minimum atomic E-state index is 0.662. The van der Waals surface area contributed by atoms with E-state index in [1.165, 1.54) is 5.56 Å². The molecule has 0 unspecified atom stereocenters. The van der Waals surface area contributed by atoms with Crippen molar-refractivity contribution in [1.29, 1.82) is 5.26 Å². The van der Waals surface area contributed by atoms with E-state index in [9.17, 15) is 5.26 Å². The molecule has 0 atom stereocenters. The second-order valence-electron chi connectivity index (χ2n) is 4.12. The zero-order valence-electron chi connectivity index (χ0n) is 10.3.